The Labute approximate surface area is 121 Å². The fraction of sp³-hybridized carbons (Fsp3) is 0.625. The summed E-state index contributed by atoms with van der Waals surface area (Å²) in [6, 6.07) is 7.88. The van der Waals surface area contributed by atoms with E-state index in [4.69, 9.17) is 9.47 Å². The first-order valence-corrected chi connectivity index (χ1v) is 7.35. The van der Waals surface area contributed by atoms with Crippen molar-refractivity contribution in [3.05, 3.63) is 24.3 Å². The number of benzene rings is 1. The van der Waals surface area contributed by atoms with Crippen molar-refractivity contribution in [1.82, 2.24) is 5.32 Å². The van der Waals surface area contributed by atoms with Gasteiger partial charge >= 0.3 is 0 Å². The number of hydrogen-bond donors (Lipinski definition) is 2. The fourth-order valence-corrected chi connectivity index (χ4v) is 2.22. The Kier molecular flexibility index (Phi) is 5.68. The monoisotopic (exact) mass is 279 g/mol. The predicted molar refractivity (Wildman–Crippen MR) is 79.3 cm³/mol. The van der Waals surface area contributed by atoms with Gasteiger partial charge in [0.1, 0.15) is 24.2 Å². The van der Waals surface area contributed by atoms with Gasteiger partial charge in [-0.05, 0) is 31.4 Å². The van der Waals surface area contributed by atoms with Crippen molar-refractivity contribution in [2.75, 3.05) is 20.3 Å². The molecule has 0 bridgehead atoms. The van der Waals surface area contributed by atoms with Crippen LogP contribution in [0.25, 0.3) is 0 Å². The van der Waals surface area contributed by atoms with Crippen LogP contribution in [0.4, 0.5) is 0 Å². The number of aliphatic hydroxyl groups is 1. The summed E-state index contributed by atoms with van der Waals surface area (Å²) < 4.78 is 10.7. The fourth-order valence-electron chi connectivity index (χ4n) is 2.22. The highest BCUT2D eigenvalue weighted by molar-refractivity contribution is 5.32. The first-order chi connectivity index (χ1) is 9.67. The Balaban J connectivity index is 1.64. The first kappa shape index (κ1) is 15.1. The summed E-state index contributed by atoms with van der Waals surface area (Å²) in [6.07, 6.45) is 3.45. The molecule has 0 amide bonds. The molecule has 0 heterocycles. The van der Waals surface area contributed by atoms with E-state index < -0.39 is 6.10 Å². The summed E-state index contributed by atoms with van der Waals surface area (Å²) in [4.78, 5) is 0. The third-order valence-corrected chi connectivity index (χ3v) is 3.57. The van der Waals surface area contributed by atoms with Crippen molar-refractivity contribution in [2.24, 2.45) is 5.92 Å². The van der Waals surface area contributed by atoms with Gasteiger partial charge in [0.15, 0.2) is 0 Å². The number of aliphatic hydroxyl groups excluding tert-OH is 1. The number of nitrogens with one attached hydrogen (secondary N) is 1. The molecule has 0 saturated heterocycles. The molecule has 0 spiro atoms. The van der Waals surface area contributed by atoms with Crippen molar-refractivity contribution in [3.8, 4) is 11.5 Å². The molecule has 2 N–H and O–H groups in total. The van der Waals surface area contributed by atoms with E-state index in [1.165, 1.54) is 19.3 Å². The minimum atomic E-state index is -0.497. The minimum Gasteiger partial charge on any atom is -0.497 e. The molecule has 1 saturated carbocycles. The largest absolute Gasteiger partial charge is 0.497 e. The van der Waals surface area contributed by atoms with Crippen LogP contribution < -0.4 is 14.8 Å². The molecule has 0 radical (unpaired) electrons. The standard InChI is InChI=1S/C16H25NO3/c1-12(8-13-6-7-13)17-10-14(18)11-20-16-5-3-4-15(9-16)19-2/h3-5,9,12-14,17-18H,6-8,10-11H2,1-2H3/t12-,14-/m0/s1. The number of hydrogen-bond acceptors (Lipinski definition) is 4. The Morgan fingerprint density at radius 2 is 2.10 bits per heavy atom. The van der Waals surface area contributed by atoms with Crippen LogP contribution >= 0.6 is 0 Å². The first-order valence-electron chi connectivity index (χ1n) is 7.35. The zero-order valence-corrected chi connectivity index (χ0v) is 12.3. The lowest BCUT2D eigenvalue weighted by Gasteiger charge is -2.17. The number of methoxy groups -OCH3 is 1. The molecule has 1 aliphatic rings. The van der Waals surface area contributed by atoms with Crippen LogP contribution in [0.1, 0.15) is 26.2 Å². The van der Waals surface area contributed by atoms with E-state index in [2.05, 4.69) is 12.2 Å². The van der Waals surface area contributed by atoms with Crippen LogP contribution in [0.5, 0.6) is 11.5 Å². The summed E-state index contributed by atoms with van der Waals surface area (Å²) in [5.41, 5.74) is 0. The molecule has 1 aromatic rings. The van der Waals surface area contributed by atoms with Crippen LogP contribution in [-0.2, 0) is 0 Å². The highest BCUT2D eigenvalue weighted by atomic mass is 16.5. The molecule has 2 atom stereocenters. The maximum Gasteiger partial charge on any atom is 0.123 e. The van der Waals surface area contributed by atoms with Crippen LogP contribution in [0.3, 0.4) is 0 Å². The van der Waals surface area contributed by atoms with Gasteiger partial charge in [-0.1, -0.05) is 18.9 Å². The summed E-state index contributed by atoms with van der Waals surface area (Å²) in [5, 5.41) is 13.3. The van der Waals surface area contributed by atoms with E-state index >= 15 is 0 Å². The molecule has 0 unspecified atom stereocenters. The highest BCUT2D eigenvalue weighted by Gasteiger charge is 2.23. The molecular weight excluding hydrogens is 254 g/mol. The summed E-state index contributed by atoms with van der Waals surface area (Å²) in [6.45, 7) is 3.03. The third kappa shape index (κ3) is 5.39. The van der Waals surface area contributed by atoms with Gasteiger partial charge in [0.05, 0.1) is 7.11 Å². The van der Waals surface area contributed by atoms with E-state index in [1.807, 2.05) is 24.3 Å². The van der Waals surface area contributed by atoms with Gasteiger partial charge in [-0.25, -0.2) is 0 Å². The zero-order valence-electron chi connectivity index (χ0n) is 12.3. The topological polar surface area (TPSA) is 50.7 Å². The molecule has 20 heavy (non-hydrogen) atoms. The second kappa shape index (κ2) is 7.50. The average Bonchev–Trinajstić information content (AvgIpc) is 3.27. The molecule has 1 fully saturated rings. The number of rotatable bonds is 9. The van der Waals surface area contributed by atoms with Crippen molar-refractivity contribution in [1.29, 1.82) is 0 Å². The van der Waals surface area contributed by atoms with Gasteiger partial charge in [-0.15, -0.1) is 0 Å². The van der Waals surface area contributed by atoms with Crippen molar-refractivity contribution in [3.63, 3.8) is 0 Å². The van der Waals surface area contributed by atoms with Gasteiger partial charge in [-0.2, -0.15) is 0 Å². The van der Waals surface area contributed by atoms with E-state index in [-0.39, 0.29) is 6.61 Å². The lowest BCUT2D eigenvalue weighted by molar-refractivity contribution is 0.103. The maximum absolute atomic E-state index is 9.92. The molecule has 112 valence electrons. The van der Waals surface area contributed by atoms with Crippen LogP contribution in [0.2, 0.25) is 0 Å². The zero-order chi connectivity index (χ0) is 14.4. The molecule has 0 aromatic heterocycles. The molecule has 1 aliphatic carbocycles. The SMILES string of the molecule is COc1cccc(OC[C@@H](O)CN[C@@H](C)CC2CC2)c1. The van der Waals surface area contributed by atoms with Gasteiger partial charge in [-0.3, -0.25) is 0 Å². The summed E-state index contributed by atoms with van der Waals surface area (Å²) in [5.74, 6) is 2.38. The second-order valence-corrected chi connectivity index (χ2v) is 5.63. The van der Waals surface area contributed by atoms with Crippen molar-refractivity contribution >= 4 is 0 Å². The van der Waals surface area contributed by atoms with Crippen molar-refractivity contribution in [2.45, 2.75) is 38.3 Å². The third-order valence-electron chi connectivity index (χ3n) is 3.57. The molecule has 2 rings (SSSR count). The Bertz CT molecular complexity index is 406. The van der Waals surface area contributed by atoms with E-state index in [0.29, 0.717) is 12.6 Å². The second-order valence-electron chi connectivity index (χ2n) is 5.63. The lowest BCUT2D eigenvalue weighted by Crippen LogP contribution is -2.36. The Morgan fingerprint density at radius 3 is 2.80 bits per heavy atom. The maximum atomic E-state index is 9.92. The van der Waals surface area contributed by atoms with Crippen LogP contribution in [0, 0.1) is 5.92 Å². The quantitative estimate of drug-likeness (QED) is 0.727. The Morgan fingerprint density at radius 1 is 1.35 bits per heavy atom. The van der Waals surface area contributed by atoms with Gasteiger partial charge < -0.3 is 19.9 Å². The minimum absolute atomic E-state index is 0.288. The van der Waals surface area contributed by atoms with Gasteiger partial charge in [0.2, 0.25) is 0 Å². The molecule has 0 aliphatic heterocycles. The van der Waals surface area contributed by atoms with E-state index in [0.717, 1.165) is 17.4 Å². The number of ether oxygens (including phenoxy) is 2. The predicted octanol–water partition coefficient (Wildman–Crippen LogP) is 2.21. The summed E-state index contributed by atoms with van der Waals surface area (Å²) >= 11 is 0. The lowest BCUT2D eigenvalue weighted by atomic mass is 10.1. The summed E-state index contributed by atoms with van der Waals surface area (Å²) in [7, 11) is 1.62. The highest BCUT2D eigenvalue weighted by Crippen LogP contribution is 2.33. The van der Waals surface area contributed by atoms with E-state index in [9.17, 15) is 5.11 Å². The molecule has 4 heteroatoms. The molecular formula is C16H25NO3. The smallest absolute Gasteiger partial charge is 0.123 e. The molecule has 1 aromatic carbocycles. The van der Waals surface area contributed by atoms with Crippen LogP contribution in [0.15, 0.2) is 24.3 Å². The van der Waals surface area contributed by atoms with Crippen LogP contribution in [-0.4, -0.2) is 37.5 Å². The van der Waals surface area contributed by atoms with Gasteiger partial charge in [0.25, 0.3) is 0 Å². The normalized spacial score (nSPS) is 17.6. The Hall–Kier alpha value is -1.26. The van der Waals surface area contributed by atoms with Gasteiger partial charge in [0, 0.05) is 18.7 Å². The molecule has 4 nitrogen and oxygen atoms in total. The van der Waals surface area contributed by atoms with Crippen molar-refractivity contribution < 1.29 is 14.6 Å². The van der Waals surface area contributed by atoms with E-state index in [1.54, 1.807) is 7.11 Å². The average molecular weight is 279 g/mol.